The molecule has 1 atom stereocenters. The van der Waals surface area contributed by atoms with Gasteiger partial charge in [0.25, 0.3) is 0 Å². The van der Waals surface area contributed by atoms with Crippen LogP contribution < -0.4 is 0 Å². The first-order valence-electron chi connectivity index (χ1n) is 6.95. The number of aliphatic hydroxyl groups excluding tert-OH is 1. The van der Waals surface area contributed by atoms with Crippen LogP contribution >= 0.6 is 11.6 Å². The highest BCUT2D eigenvalue weighted by Crippen LogP contribution is 2.37. The molecule has 1 N–H and O–H groups in total. The van der Waals surface area contributed by atoms with Gasteiger partial charge in [0.15, 0.2) is 0 Å². The molecule has 0 bridgehead atoms. The lowest BCUT2D eigenvalue weighted by molar-refractivity contribution is -0.138. The van der Waals surface area contributed by atoms with Gasteiger partial charge in [0.05, 0.1) is 19.3 Å². The van der Waals surface area contributed by atoms with E-state index in [0.29, 0.717) is 16.3 Å². The van der Waals surface area contributed by atoms with Crippen molar-refractivity contribution in [1.29, 1.82) is 0 Å². The fraction of sp³-hybridized carbons (Fsp3) is 0.375. The number of β-amino-alcohol motifs (C(OH)–C–C–N with tert-alkyl or cyclic N) is 1. The quantitative estimate of drug-likeness (QED) is 0.862. The molecule has 2 rings (SSSR count). The van der Waals surface area contributed by atoms with E-state index in [1.54, 1.807) is 31.2 Å². The topological polar surface area (TPSA) is 66.8 Å². The third-order valence-electron chi connectivity index (χ3n) is 3.82. The third-order valence-corrected chi connectivity index (χ3v) is 4.08. The van der Waals surface area contributed by atoms with Crippen molar-refractivity contribution in [3.63, 3.8) is 0 Å². The van der Waals surface area contributed by atoms with Crippen LogP contribution in [0.25, 0.3) is 0 Å². The summed E-state index contributed by atoms with van der Waals surface area (Å²) in [5.41, 5.74) is 1.80. The van der Waals surface area contributed by atoms with Crippen LogP contribution in [0.3, 0.4) is 0 Å². The molecule has 0 aliphatic carbocycles. The summed E-state index contributed by atoms with van der Waals surface area (Å²) in [5.74, 6) is -0.959. The van der Waals surface area contributed by atoms with E-state index in [2.05, 4.69) is 0 Å². The van der Waals surface area contributed by atoms with Gasteiger partial charge in [-0.3, -0.25) is 4.79 Å². The molecule has 22 heavy (non-hydrogen) atoms. The van der Waals surface area contributed by atoms with Crippen molar-refractivity contribution < 1.29 is 19.4 Å². The molecule has 0 radical (unpaired) electrons. The number of esters is 1. The summed E-state index contributed by atoms with van der Waals surface area (Å²) in [7, 11) is 1.31. The van der Waals surface area contributed by atoms with Gasteiger partial charge in [-0.15, -0.1) is 0 Å². The third kappa shape index (κ3) is 3.15. The molecular formula is C16H18ClNO4. The van der Waals surface area contributed by atoms with E-state index in [1.165, 1.54) is 12.0 Å². The number of benzene rings is 1. The van der Waals surface area contributed by atoms with Gasteiger partial charge in [-0.05, 0) is 24.6 Å². The second kappa shape index (κ2) is 6.94. The average molecular weight is 324 g/mol. The summed E-state index contributed by atoms with van der Waals surface area (Å²) in [4.78, 5) is 25.9. The Morgan fingerprint density at radius 3 is 2.59 bits per heavy atom. The number of hydrogen-bond acceptors (Lipinski definition) is 4. The van der Waals surface area contributed by atoms with E-state index >= 15 is 0 Å². The van der Waals surface area contributed by atoms with Gasteiger partial charge in [-0.2, -0.15) is 0 Å². The Bertz CT molecular complexity index is 609. The van der Waals surface area contributed by atoms with E-state index < -0.39 is 5.97 Å². The molecule has 1 heterocycles. The van der Waals surface area contributed by atoms with Crippen LogP contribution in [0.1, 0.15) is 24.8 Å². The molecule has 1 amide bonds. The van der Waals surface area contributed by atoms with Crippen LogP contribution in [0.5, 0.6) is 0 Å². The first-order valence-corrected chi connectivity index (χ1v) is 7.33. The molecule has 0 saturated heterocycles. The zero-order valence-electron chi connectivity index (χ0n) is 12.5. The van der Waals surface area contributed by atoms with Gasteiger partial charge in [0.1, 0.15) is 0 Å². The van der Waals surface area contributed by atoms with Crippen molar-refractivity contribution in [2.45, 2.75) is 19.3 Å². The highest BCUT2D eigenvalue weighted by atomic mass is 35.5. The number of methoxy groups -OCH3 is 1. The molecule has 118 valence electrons. The number of carbonyl (C=O) groups is 2. The van der Waals surface area contributed by atoms with Crippen molar-refractivity contribution >= 4 is 23.5 Å². The van der Waals surface area contributed by atoms with E-state index in [4.69, 9.17) is 21.4 Å². The Labute approximate surface area is 134 Å². The number of nitrogens with zero attached hydrogens (tertiary/aromatic N) is 1. The number of ether oxygens (including phenoxy) is 1. The van der Waals surface area contributed by atoms with Crippen LogP contribution in [0.2, 0.25) is 5.02 Å². The number of hydrogen-bond donors (Lipinski definition) is 1. The van der Waals surface area contributed by atoms with Crippen LogP contribution in [0, 0.1) is 0 Å². The van der Waals surface area contributed by atoms with Crippen molar-refractivity contribution in [2.75, 3.05) is 20.3 Å². The Kier molecular flexibility index (Phi) is 5.21. The summed E-state index contributed by atoms with van der Waals surface area (Å²) in [6.45, 7) is 1.70. The van der Waals surface area contributed by atoms with Gasteiger partial charge >= 0.3 is 5.97 Å². The number of aliphatic hydroxyl groups is 1. The molecule has 6 heteroatoms. The van der Waals surface area contributed by atoms with Gasteiger partial charge in [-0.1, -0.05) is 23.7 Å². The minimum atomic E-state index is -0.465. The fourth-order valence-electron chi connectivity index (χ4n) is 2.74. The Morgan fingerprint density at radius 1 is 1.41 bits per heavy atom. The number of allylic oxidation sites excluding steroid dienone is 1. The summed E-state index contributed by atoms with van der Waals surface area (Å²) in [6, 6.07) is 7.06. The molecule has 1 unspecified atom stereocenters. The monoisotopic (exact) mass is 323 g/mol. The smallest absolute Gasteiger partial charge is 0.336 e. The normalized spacial score (nSPS) is 18.6. The number of amides is 1. The van der Waals surface area contributed by atoms with Crippen LogP contribution in [-0.4, -0.2) is 42.1 Å². The zero-order chi connectivity index (χ0) is 16.3. The highest BCUT2D eigenvalue weighted by Gasteiger charge is 2.36. The lowest BCUT2D eigenvalue weighted by Gasteiger charge is -2.34. The molecule has 1 aromatic rings. The Hall–Kier alpha value is -1.85. The summed E-state index contributed by atoms with van der Waals surface area (Å²) in [5, 5.41) is 9.69. The second-order valence-electron chi connectivity index (χ2n) is 5.07. The summed E-state index contributed by atoms with van der Waals surface area (Å²) >= 11 is 5.89. The van der Waals surface area contributed by atoms with Crippen molar-refractivity contribution in [2.24, 2.45) is 0 Å². The van der Waals surface area contributed by atoms with Crippen molar-refractivity contribution in [3.8, 4) is 0 Å². The maximum absolute atomic E-state index is 12.3. The molecule has 5 nitrogen and oxygen atoms in total. The van der Waals surface area contributed by atoms with Gasteiger partial charge in [0, 0.05) is 29.6 Å². The average Bonchev–Trinajstić information content (AvgIpc) is 2.51. The lowest BCUT2D eigenvalue weighted by Crippen LogP contribution is -2.39. The molecule has 0 aromatic heterocycles. The fourth-order valence-corrected chi connectivity index (χ4v) is 2.87. The summed E-state index contributed by atoms with van der Waals surface area (Å²) in [6.07, 6.45) is 0.156. The largest absolute Gasteiger partial charge is 0.466 e. The van der Waals surface area contributed by atoms with E-state index in [0.717, 1.165) is 5.56 Å². The molecule has 1 aliphatic heterocycles. The molecular weight excluding hydrogens is 306 g/mol. The van der Waals surface area contributed by atoms with Crippen molar-refractivity contribution in [1.82, 2.24) is 4.90 Å². The van der Waals surface area contributed by atoms with Crippen molar-refractivity contribution in [3.05, 3.63) is 46.1 Å². The van der Waals surface area contributed by atoms with Crippen LogP contribution in [-0.2, 0) is 14.3 Å². The molecule has 0 fully saturated rings. The predicted octanol–water partition coefficient (Wildman–Crippen LogP) is 2.10. The molecule has 0 saturated carbocycles. The van der Waals surface area contributed by atoms with Gasteiger partial charge in [-0.25, -0.2) is 4.79 Å². The molecule has 1 aromatic carbocycles. The first kappa shape index (κ1) is 16.5. The zero-order valence-corrected chi connectivity index (χ0v) is 13.3. The van der Waals surface area contributed by atoms with Crippen LogP contribution in [0.4, 0.5) is 0 Å². The molecule has 1 aliphatic rings. The number of carbonyl (C=O) groups excluding carboxylic acids is 2. The van der Waals surface area contributed by atoms with E-state index in [1.807, 2.05) is 0 Å². The second-order valence-corrected chi connectivity index (χ2v) is 5.50. The van der Waals surface area contributed by atoms with Gasteiger partial charge in [0.2, 0.25) is 5.91 Å². The first-order chi connectivity index (χ1) is 10.5. The Morgan fingerprint density at radius 2 is 2.05 bits per heavy atom. The van der Waals surface area contributed by atoms with Crippen LogP contribution in [0.15, 0.2) is 35.5 Å². The lowest BCUT2D eigenvalue weighted by atomic mass is 9.84. The SMILES string of the molecule is COC(=O)C1=C(C)N(CCO)C(=O)CC1c1ccc(Cl)cc1. The highest BCUT2D eigenvalue weighted by molar-refractivity contribution is 6.30. The maximum atomic E-state index is 12.3. The van der Waals surface area contributed by atoms with E-state index in [-0.39, 0.29) is 31.4 Å². The van der Waals surface area contributed by atoms with E-state index in [9.17, 15) is 9.59 Å². The minimum Gasteiger partial charge on any atom is -0.466 e. The minimum absolute atomic E-state index is 0.126. The number of halogens is 1. The Balaban J connectivity index is 2.50. The maximum Gasteiger partial charge on any atom is 0.336 e. The number of rotatable bonds is 4. The van der Waals surface area contributed by atoms with Gasteiger partial charge < -0.3 is 14.7 Å². The predicted molar refractivity (Wildman–Crippen MR) is 82.3 cm³/mol. The standard InChI is InChI=1S/C16H18ClNO4/c1-10-15(16(21)22-2)13(9-14(20)18(10)7-8-19)11-3-5-12(17)6-4-11/h3-6,13,19H,7-9H2,1-2H3. The summed E-state index contributed by atoms with van der Waals surface area (Å²) < 4.78 is 4.87. The molecule has 0 spiro atoms.